The second kappa shape index (κ2) is 26.5. The van der Waals surface area contributed by atoms with Crippen molar-refractivity contribution in [1.29, 1.82) is 0 Å². The number of aliphatic hydroxyl groups excluding tert-OH is 1. The predicted octanol–water partition coefficient (Wildman–Crippen LogP) is 9.39. The van der Waals surface area contributed by atoms with Crippen LogP contribution in [0.25, 0.3) is 0 Å². The number of methoxy groups -OCH3 is 1. The molecule has 1 aliphatic heterocycles. The van der Waals surface area contributed by atoms with Crippen LogP contribution in [0, 0.1) is 0 Å². The Morgan fingerprint density at radius 1 is 0.477 bits per heavy atom. The lowest BCUT2D eigenvalue weighted by molar-refractivity contribution is -0.332. The molecule has 1 saturated heterocycles. The third kappa shape index (κ3) is 15.3. The first-order valence-corrected chi connectivity index (χ1v) is 22.2. The molecule has 0 spiro atoms. The van der Waals surface area contributed by atoms with Crippen LogP contribution in [0.5, 0.6) is 0 Å². The van der Waals surface area contributed by atoms with Gasteiger partial charge in [0.1, 0.15) is 42.7 Å². The largest absolute Gasteiger partial charge is 0.505 e. The monoisotopic (exact) mass is 880 g/mol. The maximum Gasteiger partial charge on any atom is 0.187 e. The molecule has 65 heavy (non-hydrogen) atoms. The van der Waals surface area contributed by atoms with Crippen LogP contribution < -0.4 is 0 Å². The van der Waals surface area contributed by atoms with Crippen LogP contribution in [0.15, 0.2) is 194 Å². The number of benzene rings is 6. The van der Waals surface area contributed by atoms with Gasteiger partial charge in [0.25, 0.3) is 0 Å². The molecule has 0 bridgehead atoms. The highest BCUT2D eigenvalue weighted by Crippen LogP contribution is 2.32. The van der Waals surface area contributed by atoms with Gasteiger partial charge in [0, 0.05) is 0 Å². The average molecular weight is 881 g/mol. The Kier molecular flexibility index (Phi) is 19.3. The Hall–Kier alpha value is -5.50. The van der Waals surface area contributed by atoms with E-state index in [0.717, 1.165) is 33.4 Å². The molecule has 0 unspecified atom stereocenters. The first kappa shape index (κ1) is 47.5. The minimum atomic E-state index is -1.21. The number of hydrogen-bond acceptors (Lipinski definition) is 10. The summed E-state index contributed by atoms with van der Waals surface area (Å²) in [6, 6.07) is 59.5. The van der Waals surface area contributed by atoms with Crippen LogP contribution in [-0.4, -0.2) is 74.4 Å². The van der Waals surface area contributed by atoms with E-state index in [1.807, 2.05) is 182 Å². The van der Waals surface area contributed by atoms with Gasteiger partial charge in [0.2, 0.25) is 0 Å². The molecule has 8 atom stereocenters. The highest BCUT2D eigenvalue weighted by Gasteiger charge is 2.49. The van der Waals surface area contributed by atoms with Gasteiger partial charge in [-0.3, -0.25) is 0 Å². The Balaban J connectivity index is 1.19. The van der Waals surface area contributed by atoms with Crippen LogP contribution in [0.4, 0.5) is 0 Å². The quantitative estimate of drug-likeness (QED) is 0.0531. The summed E-state index contributed by atoms with van der Waals surface area (Å²) in [4.78, 5) is 0. The normalized spacial score (nSPS) is 20.0. The SMILES string of the molecule is CO/C=C/[C@@H](OCc1ccccc1)[C@H](OCc1ccccc1)[C@H](O)CO[C@@H]1O[C@H](COCc2ccccc2)[C@@H](OCc2ccccc2)[C@H](OCc2ccccc2)[C@H]1OCc1ccccc1. The van der Waals surface area contributed by atoms with E-state index >= 15 is 0 Å². The third-order valence-corrected chi connectivity index (χ3v) is 10.9. The van der Waals surface area contributed by atoms with E-state index in [-0.39, 0.29) is 39.6 Å². The number of rotatable bonds is 26. The number of aliphatic hydroxyl groups is 1. The Morgan fingerprint density at radius 3 is 1.34 bits per heavy atom. The second-order valence-corrected chi connectivity index (χ2v) is 15.8. The highest BCUT2D eigenvalue weighted by atomic mass is 16.7. The minimum Gasteiger partial charge on any atom is -0.505 e. The summed E-state index contributed by atoms with van der Waals surface area (Å²) in [6.45, 7) is 1.61. The molecule has 1 heterocycles. The van der Waals surface area contributed by atoms with Crippen molar-refractivity contribution in [3.05, 3.63) is 228 Å². The molecular weight excluding hydrogens is 821 g/mol. The Labute approximate surface area is 383 Å². The summed E-state index contributed by atoms with van der Waals surface area (Å²) in [5.74, 6) is 0. The highest BCUT2D eigenvalue weighted by molar-refractivity contribution is 5.18. The van der Waals surface area contributed by atoms with Gasteiger partial charge in [-0.25, -0.2) is 0 Å². The fraction of sp³-hybridized carbons (Fsp3) is 0.309. The molecular formula is C55H60O10. The maximum absolute atomic E-state index is 12.2. The van der Waals surface area contributed by atoms with Crippen LogP contribution >= 0.6 is 0 Å². The van der Waals surface area contributed by atoms with Crippen LogP contribution in [0.3, 0.4) is 0 Å². The molecule has 10 nitrogen and oxygen atoms in total. The van der Waals surface area contributed by atoms with Crippen LogP contribution in [0.2, 0.25) is 0 Å². The maximum atomic E-state index is 12.2. The molecule has 10 heteroatoms. The van der Waals surface area contributed by atoms with Crippen molar-refractivity contribution in [2.75, 3.05) is 20.3 Å². The van der Waals surface area contributed by atoms with E-state index in [9.17, 15) is 5.11 Å². The summed E-state index contributed by atoms with van der Waals surface area (Å²) in [7, 11) is 1.56. The van der Waals surface area contributed by atoms with Crippen molar-refractivity contribution in [3.8, 4) is 0 Å². The summed E-state index contributed by atoms with van der Waals surface area (Å²) >= 11 is 0. The molecule has 0 radical (unpaired) electrons. The van der Waals surface area contributed by atoms with Crippen molar-refractivity contribution in [1.82, 2.24) is 0 Å². The van der Waals surface area contributed by atoms with Gasteiger partial charge in [-0.05, 0) is 39.5 Å². The lowest BCUT2D eigenvalue weighted by Crippen LogP contribution is -2.62. The zero-order valence-electron chi connectivity index (χ0n) is 36.9. The van der Waals surface area contributed by atoms with E-state index in [4.69, 9.17) is 42.6 Å². The molecule has 1 aliphatic rings. The summed E-state index contributed by atoms with van der Waals surface area (Å²) in [5.41, 5.74) is 5.87. The molecule has 0 aliphatic carbocycles. The molecule has 0 amide bonds. The fourth-order valence-corrected chi connectivity index (χ4v) is 7.54. The standard InChI is InChI=1S/C55H60O10/c1-57-33-32-49(59-35-43-22-10-3-11-23-43)51(60-36-44-24-12-4-13-25-44)48(56)40-64-55-54(63-39-47-30-18-7-19-31-47)53(62-38-46-28-16-6-17-29-46)52(61-37-45-26-14-5-15-27-45)50(65-55)41-58-34-42-20-8-2-9-21-42/h2-33,48-56H,34-41H2,1H3/b33-32+/t48-,49-,50-,51-,52-,53+,54-,55-/m1/s1. The van der Waals surface area contributed by atoms with E-state index < -0.39 is 49.0 Å². The zero-order chi connectivity index (χ0) is 44.7. The van der Waals surface area contributed by atoms with E-state index in [1.54, 1.807) is 13.2 Å². The van der Waals surface area contributed by atoms with Gasteiger partial charge in [-0.15, -0.1) is 0 Å². The first-order chi connectivity index (χ1) is 32.1. The van der Waals surface area contributed by atoms with Crippen molar-refractivity contribution < 1.29 is 47.7 Å². The molecule has 6 aromatic carbocycles. The van der Waals surface area contributed by atoms with E-state index in [0.29, 0.717) is 13.2 Å². The van der Waals surface area contributed by atoms with Crippen molar-refractivity contribution in [2.24, 2.45) is 0 Å². The van der Waals surface area contributed by atoms with E-state index in [1.165, 1.54) is 6.26 Å². The smallest absolute Gasteiger partial charge is 0.187 e. The zero-order valence-corrected chi connectivity index (χ0v) is 36.9. The average Bonchev–Trinajstić information content (AvgIpc) is 3.36. The molecule has 0 aromatic heterocycles. The number of hydrogen-bond donors (Lipinski definition) is 1. The molecule has 0 saturated carbocycles. The topological polar surface area (TPSA) is 103 Å². The molecule has 7 rings (SSSR count). The van der Waals surface area contributed by atoms with Crippen LogP contribution in [-0.2, 0) is 82.3 Å². The fourth-order valence-electron chi connectivity index (χ4n) is 7.54. The summed E-state index contributed by atoms with van der Waals surface area (Å²) in [5, 5.41) is 12.2. The molecule has 1 fully saturated rings. The predicted molar refractivity (Wildman–Crippen MR) is 248 cm³/mol. The van der Waals surface area contributed by atoms with Crippen LogP contribution in [0.1, 0.15) is 33.4 Å². The van der Waals surface area contributed by atoms with Gasteiger partial charge >= 0.3 is 0 Å². The second-order valence-electron chi connectivity index (χ2n) is 15.8. The van der Waals surface area contributed by atoms with Gasteiger partial charge in [0.05, 0.1) is 66.2 Å². The van der Waals surface area contributed by atoms with Crippen molar-refractivity contribution >= 4 is 0 Å². The number of ether oxygens (including phenoxy) is 9. The Morgan fingerprint density at radius 2 is 0.877 bits per heavy atom. The summed E-state index contributed by atoms with van der Waals surface area (Å²) < 4.78 is 58.8. The summed E-state index contributed by atoms with van der Waals surface area (Å²) in [6.07, 6.45) is -3.44. The Bertz CT molecular complexity index is 2180. The van der Waals surface area contributed by atoms with Gasteiger partial charge < -0.3 is 47.7 Å². The van der Waals surface area contributed by atoms with Crippen molar-refractivity contribution in [2.45, 2.75) is 88.7 Å². The van der Waals surface area contributed by atoms with E-state index in [2.05, 4.69) is 0 Å². The lowest BCUT2D eigenvalue weighted by atomic mass is 9.97. The molecule has 1 N–H and O–H groups in total. The van der Waals surface area contributed by atoms with Crippen molar-refractivity contribution in [3.63, 3.8) is 0 Å². The third-order valence-electron chi connectivity index (χ3n) is 10.9. The molecule has 340 valence electrons. The first-order valence-electron chi connectivity index (χ1n) is 22.2. The van der Waals surface area contributed by atoms with Gasteiger partial charge in [0.15, 0.2) is 6.29 Å². The van der Waals surface area contributed by atoms with Gasteiger partial charge in [-0.1, -0.05) is 182 Å². The minimum absolute atomic E-state index is 0.160. The molecule has 6 aromatic rings. The van der Waals surface area contributed by atoms with Gasteiger partial charge in [-0.2, -0.15) is 0 Å². The lowest BCUT2D eigenvalue weighted by Gasteiger charge is -2.46.